The highest BCUT2D eigenvalue weighted by Gasteiger charge is 2.32. The Morgan fingerprint density at radius 1 is 1.24 bits per heavy atom. The van der Waals surface area contributed by atoms with Crippen LogP contribution in [-0.2, 0) is 13.0 Å². The lowest BCUT2D eigenvalue weighted by molar-refractivity contribution is 0.0954. The van der Waals surface area contributed by atoms with Crippen LogP contribution in [0.3, 0.4) is 0 Å². The molecule has 0 saturated carbocycles. The third kappa shape index (κ3) is 4.31. The minimum absolute atomic E-state index is 0.197. The molecule has 3 aliphatic rings. The number of anilines is 1. The van der Waals surface area contributed by atoms with Gasteiger partial charge in [0.1, 0.15) is 17.3 Å². The summed E-state index contributed by atoms with van der Waals surface area (Å²) in [4.78, 5) is 18.9. The van der Waals surface area contributed by atoms with Crippen LogP contribution >= 0.6 is 0 Å². The Labute approximate surface area is 192 Å². The summed E-state index contributed by atoms with van der Waals surface area (Å²) in [5, 5.41) is 7.18. The van der Waals surface area contributed by atoms with Crippen LogP contribution < -0.4 is 15.5 Å². The summed E-state index contributed by atoms with van der Waals surface area (Å²) in [6.45, 7) is 4.56. The minimum atomic E-state index is -0.433. The molecule has 3 aromatic rings. The van der Waals surface area contributed by atoms with Gasteiger partial charge in [0.15, 0.2) is 0 Å². The first-order chi connectivity index (χ1) is 16.0. The Hall–Kier alpha value is -3.00. The normalized spacial score (nSPS) is 20.3. The molecule has 1 aromatic carbocycles. The lowest BCUT2D eigenvalue weighted by Gasteiger charge is -2.39. The van der Waals surface area contributed by atoms with Gasteiger partial charge in [0, 0.05) is 62.1 Å². The fraction of sp³-hybridized carbons (Fsp3) is 0.440. The Kier molecular flexibility index (Phi) is 6.01. The van der Waals surface area contributed by atoms with Crippen molar-refractivity contribution in [3.63, 3.8) is 0 Å². The van der Waals surface area contributed by atoms with Gasteiger partial charge in [0.25, 0.3) is 5.91 Å². The van der Waals surface area contributed by atoms with Crippen LogP contribution in [0.5, 0.6) is 0 Å². The predicted molar refractivity (Wildman–Crippen MR) is 125 cm³/mol. The Balaban J connectivity index is 1.24. The minimum Gasteiger partial charge on any atom is -0.363 e. The zero-order chi connectivity index (χ0) is 22.9. The van der Waals surface area contributed by atoms with Crippen LogP contribution in [0.1, 0.15) is 42.1 Å². The number of halogens is 2. The largest absolute Gasteiger partial charge is 0.363 e. The second-order valence-corrected chi connectivity index (χ2v) is 8.98. The number of hydrogen-bond acceptors (Lipinski definition) is 4. The van der Waals surface area contributed by atoms with Crippen molar-refractivity contribution in [1.29, 1.82) is 0 Å². The number of hydrogen-bond donors (Lipinski definition) is 2. The Bertz CT molecular complexity index is 1170. The quantitative estimate of drug-likeness (QED) is 0.598. The summed E-state index contributed by atoms with van der Waals surface area (Å²) in [5.41, 5.74) is 1.89. The number of amides is 1. The van der Waals surface area contributed by atoms with Gasteiger partial charge in [-0.2, -0.15) is 0 Å². The summed E-state index contributed by atoms with van der Waals surface area (Å²) >= 11 is 0. The molecule has 174 valence electrons. The number of piperazine rings is 1. The monoisotopic (exact) mass is 453 g/mol. The second-order valence-electron chi connectivity index (χ2n) is 8.98. The molecule has 0 radical (unpaired) electrons. The number of fused-ring (bicyclic) bond motifs is 5. The predicted octanol–water partition coefficient (Wildman–Crippen LogP) is 3.64. The number of nitrogens with one attached hydrogen (secondary N) is 2. The maximum absolute atomic E-state index is 15.0. The van der Waals surface area contributed by atoms with Crippen molar-refractivity contribution in [2.45, 2.75) is 51.2 Å². The first kappa shape index (κ1) is 21.8. The van der Waals surface area contributed by atoms with Gasteiger partial charge in [0.2, 0.25) is 0 Å². The van der Waals surface area contributed by atoms with E-state index in [0.29, 0.717) is 23.8 Å². The highest BCUT2D eigenvalue weighted by molar-refractivity contribution is 5.96. The SMILES string of the molecule is CCn1ccc2cc(C(=O)NCCc3cc(F)c(N4CC5CCCC4CN5)cc3F)cnc21. The molecule has 2 N–H and O–H groups in total. The molecular formula is C25H29F2N5O. The van der Waals surface area contributed by atoms with Gasteiger partial charge < -0.3 is 20.1 Å². The molecule has 0 spiro atoms. The van der Waals surface area contributed by atoms with Gasteiger partial charge in [-0.15, -0.1) is 0 Å². The summed E-state index contributed by atoms with van der Waals surface area (Å²) in [5.74, 6) is -1.11. The Morgan fingerprint density at radius 3 is 2.97 bits per heavy atom. The average Bonchev–Trinajstić information content (AvgIpc) is 2.96. The van der Waals surface area contributed by atoms with Crippen molar-refractivity contribution in [2.24, 2.45) is 0 Å². The number of aryl methyl sites for hydroxylation is 1. The molecule has 2 aromatic heterocycles. The molecule has 5 heterocycles. The first-order valence-corrected chi connectivity index (χ1v) is 11.7. The highest BCUT2D eigenvalue weighted by Crippen LogP contribution is 2.31. The number of nitrogens with zero attached hydrogens (tertiary/aromatic N) is 3. The van der Waals surface area contributed by atoms with Crippen LogP contribution in [0.25, 0.3) is 11.0 Å². The fourth-order valence-corrected chi connectivity index (χ4v) is 5.07. The molecule has 1 amide bonds. The van der Waals surface area contributed by atoms with Gasteiger partial charge in [-0.25, -0.2) is 13.8 Å². The zero-order valence-electron chi connectivity index (χ0n) is 18.8. The molecule has 2 unspecified atom stereocenters. The molecule has 3 fully saturated rings. The number of aromatic nitrogens is 2. The second kappa shape index (κ2) is 9.09. The molecule has 3 saturated heterocycles. The van der Waals surface area contributed by atoms with Crippen LogP contribution in [-0.4, -0.2) is 47.2 Å². The third-order valence-corrected chi connectivity index (χ3v) is 6.90. The van der Waals surface area contributed by atoms with E-state index in [4.69, 9.17) is 0 Å². The van der Waals surface area contributed by atoms with Crippen molar-refractivity contribution in [3.05, 3.63) is 59.4 Å². The molecule has 0 aliphatic carbocycles. The van der Waals surface area contributed by atoms with Crippen molar-refractivity contribution < 1.29 is 13.6 Å². The van der Waals surface area contributed by atoms with Gasteiger partial charge in [-0.3, -0.25) is 4.79 Å². The standard InChI is InChI=1S/C25H29F2N5O/c1-2-31-9-7-17-10-18(13-30-24(17)31)25(33)28-8-6-16-11-22(27)23(12-21(16)26)32-15-19-4-3-5-20(32)14-29-19/h7,9-13,19-20,29H,2-6,8,14-15H2,1H3,(H,28,33). The number of pyridine rings is 1. The average molecular weight is 454 g/mol. The molecular weight excluding hydrogens is 424 g/mol. The van der Waals surface area contributed by atoms with E-state index in [0.717, 1.165) is 43.4 Å². The lowest BCUT2D eigenvalue weighted by Crippen LogP contribution is -2.54. The summed E-state index contributed by atoms with van der Waals surface area (Å²) in [6, 6.07) is 6.85. The Morgan fingerprint density at radius 2 is 2.12 bits per heavy atom. The number of carbonyl (C=O) groups excluding carboxylic acids is 1. The van der Waals surface area contributed by atoms with Gasteiger partial charge in [0.05, 0.1) is 11.3 Å². The van der Waals surface area contributed by atoms with E-state index in [1.165, 1.54) is 12.1 Å². The summed E-state index contributed by atoms with van der Waals surface area (Å²) in [6.07, 6.45) is 6.86. The summed E-state index contributed by atoms with van der Waals surface area (Å²) in [7, 11) is 0. The molecule has 6 nitrogen and oxygen atoms in total. The third-order valence-electron chi connectivity index (χ3n) is 6.90. The van der Waals surface area contributed by atoms with Gasteiger partial charge in [-0.05, 0) is 56.4 Å². The highest BCUT2D eigenvalue weighted by atomic mass is 19.1. The van der Waals surface area contributed by atoms with Crippen LogP contribution in [0, 0.1) is 11.6 Å². The summed E-state index contributed by atoms with van der Waals surface area (Å²) < 4.78 is 31.8. The molecule has 3 aliphatic heterocycles. The van der Waals surface area contributed by atoms with Crippen molar-refractivity contribution in [2.75, 3.05) is 24.5 Å². The van der Waals surface area contributed by atoms with E-state index < -0.39 is 11.6 Å². The van der Waals surface area contributed by atoms with E-state index in [9.17, 15) is 13.6 Å². The molecule has 2 atom stereocenters. The molecule has 2 bridgehead atoms. The molecule has 6 rings (SSSR count). The van der Waals surface area contributed by atoms with Gasteiger partial charge >= 0.3 is 0 Å². The maximum Gasteiger partial charge on any atom is 0.252 e. The number of carbonyl (C=O) groups is 1. The molecule has 33 heavy (non-hydrogen) atoms. The lowest BCUT2D eigenvalue weighted by atomic mass is 10.1. The van der Waals surface area contributed by atoms with E-state index >= 15 is 0 Å². The van der Waals surface area contributed by atoms with Crippen molar-refractivity contribution >= 4 is 22.6 Å². The van der Waals surface area contributed by atoms with E-state index in [1.54, 1.807) is 12.3 Å². The van der Waals surface area contributed by atoms with Crippen LogP contribution in [0.4, 0.5) is 14.5 Å². The molecule has 8 heteroatoms. The number of benzene rings is 1. The maximum atomic E-state index is 15.0. The first-order valence-electron chi connectivity index (χ1n) is 11.7. The van der Waals surface area contributed by atoms with E-state index in [2.05, 4.69) is 15.6 Å². The van der Waals surface area contributed by atoms with E-state index in [-0.39, 0.29) is 30.5 Å². The van der Waals surface area contributed by atoms with Gasteiger partial charge in [-0.1, -0.05) is 0 Å². The smallest absolute Gasteiger partial charge is 0.252 e. The zero-order valence-corrected chi connectivity index (χ0v) is 18.8. The van der Waals surface area contributed by atoms with E-state index in [1.807, 2.05) is 28.7 Å². The van der Waals surface area contributed by atoms with Crippen molar-refractivity contribution in [1.82, 2.24) is 20.2 Å². The number of rotatable bonds is 6. The van der Waals surface area contributed by atoms with Crippen LogP contribution in [0.15, 0.2) is 36.7 Å². The fourth-order valence-electron chi connectivity index (χ4n) is 5.07. The van der Waals surface area contributed by atoms with Crippen LogP contribution in [0.2, 0.25) is 0 Å². The topological polar surface area (TPSA) is 62.2 Å². The van der Waals surface area contributed by atoms with Crippen molar-refractivity contribution in [3.8, 4) is 0 Å².